The Labute approximate surface area is 89.4 Å². The lowest BCUT2D eigenvalue weighted by Gasteiger charge is -2.10. The maximum absolute atomic E-state index is 13.1. The van der Waals surface area contributed by atoms with Crippen molar-refractivity contribution < 1.29 is 13.0 Å². The molecule has 0 fully saturated rings. The minimum Gasteiger partial charge on any atom is -0.366 e. The van der Waals surface area contributed by atoms with Crippen LogP contribution in [0.25, 0.3) is 0 Å². The Morgan fingerprint density at radius 2 is 2.27 bits per heavy atom. The Bertz CT molecular complexity index is 373. The van der Waals surface area contributed by atoms with Crippen LogP contribution < -0.4 is 5.32 Å². The SMILES string of the molecule is CC(CNc1ncc(F)cc1F)S(C)=O. The molecule has 2 atom stereocenters. The van der Waals surface area contributed by atoms with Gasteiger partial charge in [-0.05, 0) is 6.92 Å². The van der Waals surface area contributed by atoms with E-state index in [0.717, 1.165) is 12.3 Å². The molecule has 0 aliphatic heterocycles. The van der Waals surface area contributed by atoms with Crippen molar-refractivity contribution in [2.75, 3.05) is 18.1 Å². The molecular formula is C9H12F2N2OS. The van der Waals surface area contributed by atoms with Crippen molar-refractivity contribution in [2.24, 2.45) is 0 Å². The van der Waals surface area contributed by atoms with E-state index in [1.165, 1.54) is 0 Å². The van der Waals surface area contributed by atoms with Crippen molar-refractivity contribution in [2.45, 2.75) is 12.2 Å². The first-order chi connectivity index (χ1) is 7.00. The minimum absolute atomic E-state index is 0.0197. The number of nitrogens with one attached hydrogen (secondary N) is 1. The Kier molecular flexibility index (Phi) is 4.14. The van der Waals surface area contributed by atoms with E-state index < -0.39 is 22.4 Å². The first kappa shape index (κ1) is 12.0. The molecule has 1 N–H and O–H groups in total. The highest BCUT2D eigenvalue weighted by molar-refractivity contribution is 7.84. The van der Waals surface area contributed by atoms with Crippen LogP contribution in [0.4, 0.5) is 14.6 Å². The molecule has 15 heavy (non-hydrogen) atoms. The van der Waals surface area contributed by atoms with E-state index in [0.29, 0.717) is 6.54 Å². The summed E-state index contributed by atoms with van der Waals surface area (Å²) in [5.41, 5.74) is 0. The fraction of sp³-hybridized carbons (Fsp3) is 0.444. The number of hydrogen-bond donors (Lipinski definition) is 1. The molecule has 0 saturated heterocycles. The maximum Gasteiger partial charge on any atom is 0.168 e. The summed E-state index contributed by atoms with van der Waals surface area (Å²) in [5, 5.41) is 2.56. The molecule has 0 bridgehead atoms. The van der Waals surface area contributed by atoms with Crippen LogP contribution in [0, 0.1) is 11.6 Å². The largest absolute Gasteiger partial charge is 0.366 e. The summed E-state index contributed by atoms with van der Waals surface area (Å²) in [6, 6.07) is 0.753. The zero-order valence-electron chi connectivity index (χ0n) is 8.46. The van der Waals surface area contributed by atoms with Crippen LogP contribution in [0.15, 0.2) is 12.3 Å². The van der Waals surface area contributed by atoms with E-state index >= 15 is 0 Å². The Hall–Kier alpha value is -1.04. The van der Waals surface area contributed by atoms with E-state index in [1.54, 1.807) is 13.2 Å². The molecule has 0 saturated carbocycles. The molecule has 0 aliphatic carbocycles. The number of rotatable bonds is 4. The molecule has 0 aliphatic rings. The molecule has 0 radical (unpaired) electrons. The van der Waals surface area contributed by atoms with E-state index in [-0.39, 0.29) is 11.1 Å². The van der Waals surface area contributed by atoms with Crippen molar-refractivity contribution in [1.29, 1.82) is 0 Å². The smallest absolute Gasteiger partial charge is 0.168 e. The summed E-state index contributed by atoms with van der Waals surface area (Å²) in [7, 11) is -0.982. The summed E-state index contributed by atoms with van der Waals surface area (Å²) in [4.78, 5) is 3.55. The normalized spacial score (nSPS) is 14.7. The average Bonchev–Trinajstić information content (AvgIpc) is 2.15. The number of aromatic nitrogens is 1. The molecule has 1 heterocycles. The third-order valence-corrected chi connectivity index (χ3v) is 3.23. The van der Waals surface area contributed by atoms with Gasteiger partial charge in [-0.15, -0.1) is 0 Å². The van der Waals surface area contributed by atoms with Gasteiger partial charge in [0.05, 0.1) is 6.20 Å². The van der Waals surface area contributed by atoms with Crippen molar-refractivity contribution in [3.05, 3.63) is 23.9 Å². The van der Waals surface area contributed by atoms with Crippen molar-refractivity contribution in [3.63, 3.8) is 0 Å². The summed E-state index contributed by atoms with van der Waals surface area (Å²) in [6.45, 7) is 2.10. The molecular weight excluding hydrogens is 222 g/mol. The van der Waals surface area contributed by atoms with Crippen LogP contribution in [0.3, 0.4) is 0 Å². The molecule has 1 aromatic rings. The van der Waals surface area contributed by atoms with Crippen LogP contribution in [0.1, 0.15) is 6.92 Å². The van der Waals surface area contributed by atoms with E-state index in [2.05, 4.69) is 10.3 Å². The third kappa shape index (κ3) is 3.54. The second kappa shape index (κ2) is 5.16. The average molecular weight is 234 g/mol. The van der Waals surface area contributed by atoms with Gasteiger partial charge in [-0.25, -0.2) is 13.8 Å². The molecule has 0 aromatic carbocycles. The van der Waals surface area contributed by atoms with E-state index in [9.17, 15) is 13.0 Å². The third-order valence-electron chi connectivity index (χ3n) is 1.93. The number of nitrogens with zero attached hydrogens (tertiary/aromatic N) is 1. The summed E-state index contributed by atoms with van der Waals surface area (Å²) in [5.74, 6) is -1.48. The summed E-state index contributed by atoms with van der Waals surface area (Å²) in [6.07, 6.45) is 2.50. The number of halogens is 2. The van der Waals surface area contributed by atoms with Gasteiger partial charge in [0, 0.05) is 34.9 Å². The van der Waals surface area contributed by atoms with Crippen LogP contribution in [-0.4, -0.2) is 27.2 Å². The monoisotopic (exact) mass is 234 g/mol. The number of pyridine rings is 1. The van der Waals surface area contributed by atoms with E-state index in [1.807, 2.05) is 0 Å². The summed E-state index contributed by atoms with van der Waals surface area (Å²) < 4.78 is 36.6. The lowest BCUT2D eigenvalue weighted by atomic mass is 10.4. The maximum atomic E-state index is 13.1. The van der Waals surface area contributed by atoms with Gasteiger partial charge in [0.25, 0.3) is 0 Å². The first-order valence-corrected chi connectivity index (χ1v) is 6.00. The van der Waals surface area contributed by atoms with Crippen LogP contribution in [-0.2, 0) is 10.8 Å². The highest BCUT2D eigenvalue weighted by Crippen LogP contribution is 2.11. The van der Waals surface area contributed by atoms with E-state index in [4.69, 9.17) is 0 Å². The fourth-order valence-electron chi connectivity index (χ4n) is 0.902. The molecule has 1 aromatic heterocycles. The molecule has 84 valence electrons. The van der Waals surface area contributed by atoms with Crippen LogP contribution in [0.2, 0.25) is 0 Å². The second-order valence-electron chi connectivity index (χ2n) is 3.17. The zero-order valence-corrected chi connectivity index (χ0v) is 9.28. The van der Waals surface area contributed by atoms with Crippen molar-refractivity contribution in [3.8, 4) is 0 Å². The standard InChI is InChI=1S/C9H12F2N2OS/c1-6(15(2)14)4-12-9-8(11)3-7(10)5-13-9/h3,5-6H,4H2,1-2H3,(H,12,13). The molecule has 0 amide bonds. The van der Waals surface area contributed by atoms with Gasteiger partial charge in [0.2, 0.25) is 0 Å². The van der Waals surface area contributed by atoms with Gasteiger partial charge >= 0.3 is 0 Å². The van der Waals surface area contributed by atoms with Gasteiger partial charge in [-0.2, -0.15) is 0 Å². The highest BCUT2D eigenvalue weighted by atomic mass is 32.2. The Morgan fingerprint density at radius 1 is 1.60 bits per heavy atom. The topological polar surface area (TPSA) is 42.0 Å². The van der Waals surface area contributed by atoms with Gasteiger partial charge in [0.1, 0.15) is 5.82 Å². The second-order valence-corrected chi connectivity index (χ2v) is 4.98. The van der Waals surface area contributed by atoms with Gasteiger partial charge in [0.15, 0.2) is 11.6 Å². The van der Waals surface area contributed by atoms with Gasteiger partial charge < -0.3 is 5.32 Å². The fourth-order valence-corrected chi connectivity index (χ4v) is 1.22. The lowest BCUT2D eigenvalue weighted by molar-refractivity contribution is 0.575. The van der Waals surface area contributed by atoms with Gasteiger partial charge in [-0.3, -0.25) is 4.21 Å². The Morgan fingerprint density at radius 3 is 2.80 bits per heavy atom. The predicted octanol–water partition coefficient (Wildman–Crippen LogP) is 1.54. The molecule has 2 unspecified atom stereocenters. The quantitative estimate of drug-likeness (QED) is 0.859. The summed E-state index contributed by atoms with van der Waals surface area (Å²) >= 11 is 0. The molecule has 1 rings (SSSR count). The predicted molar refractivity (Wildman–Crippen MR) is 56.2 cm³/mol. The molecule has 6 heteroatoms. The van der Waals surface area contributed by atoms with Crippen LogP contribution in [0.5, 0.6) is 0 Å². The van der Waals surface area contributed by atoms with Gasteiger partial charge in [-0.1, -0.05) is 0 Å². The Balaban J connectivity index is 2.62. The molecule has 3 nitrogen and oxygen atoms in total. The first-order valence-electron chi connectivity index (χ1n) is 4.38. The minimum atomic E-state index is -0.982. The molecule has 0 spiro atoms. The highest BCUT2D eigenvalue weighted by Gasteiger charge is 2.09. The van der Waals surface area contributed by atoms with Crippen LogP contribution >= 0.6 is 0 Å². The van der Waals surface area contributed by atoms with Crippen molar-refractivity contribution >= 4 is 16.6 Å². The number of anilines is 1. The lowest BCUT2D eigenvalue weighted by Crippen LogP contribution is -2.21. The van der Waals surface area contributed by atoms with Crippen molar-refractivity contribution in [1.82, 2.24) is 4.98 Å². The number of hydrogen-bond acceptors (Lipinski definition) is 3. The zero-order chi connectivity index (χ0) is 11.4.